The van der Waals surface area contributed by atoms with Crippen LogP contribution in [0.15, 0.2) is 0 Å². The predicted molar refractivity (Wildman–Crippen MR) is 65.7 cm³/mol. The molecule has 0 aromatic rings. The van der Waals surface area contributed by atoms with Crippen LogP contribution < -0.4 is 10.5 Å². The number of nitrogens with two attached hydrogens (primary N) is 1. The van der Waals surface area contributed by atoms with Crippen molar-refractivity contribution < 1.29 is 13.2 Å². The number of hydrogen-bond donors (Lipinski definition) is 2. The fraction of sp³-hybridized carbons (Fsp3) is 1.00. The Bertz CT molecular complexity index is 278. The van der Waals surface area contributed by atoms with Gasteiger partial charge in [0.15, 0.2) is 0 Å². The van der Waals surface area contributed by atoms with E-state index in [1.54, 1.807) is 6.92 Å². The molecule has 0 amide bonds. The molecule has 0 spiro atoms. The van der Waals surface area contributed by atoms with Gasteiger partial charge in [0, 0.05) is 19.2 Å². The summed E-state index contributed by atoms with van der Waals surface area (Å²) < 4.78 is 31.5. The molecule has 0 saturated heterocycles. The van der Waals surface area contributed by atoms with Crippen molar-refractivity contribution in [2.45, 2.75) is 39.0 Å². The number of nitrogens with one attached hydrogen (secondary N) is 1. The van der Waals surface area contributed by atoms with Crippen molar-refractivity contribution >= 4 is 10.0 Å². The maximum absolute atomic E-state index is 11.8. The van der Waals surface area contributed by atoms with Gasteiger partial charge in [-0.05, 0) is 19.8 Å². The van der Waals surface area contributed by atoms with Crippen LogP contribution >= 0.6 is 0 Å². The number of ether oxygens (including phenoxy) is 1. The van der Waals surface area contributed by atoms with E-state index in [0.29, 0.717) is 13.2 Å². The van der Waals surface area contributed by atoms with Crippen LogP contribution in [-0.2, 0) is 14.8 Å². The highest BCUT2D eigenvalue weighted by Gasteiger charge is 2.25. The molecule has 2 unspecified atom stereocenters. The van der Waals surface area contributed by atoms with Gasteiger partial charge in [0.2, 0.25) is 10.0 Å². The average molecular weight is 252 g/mol. The molecular formula is C10H24N2O3S. The van der Waals surface area contributed by atoms with Crippen molar-refractivity contribution in [3.63, 3.8) is 0 Å². The van der Waals surface area contributed by atoms with E-state index in [2.05, 4.69) is 4.72 Å². The lowest BCUT2D eigenvalue weighted by Gasteiger charge is -2.23. The van der Waals surface area contributed by atoms with Gasteiger partial charge in [-0.2, -0.15) is 0 Å². The van der Waals surface area contributed by atoms with Crippen LogP contribution in [0.5, 0.6) is 0 Å². The second-order valence-electron chi connectivity index (χ2n) is 4.22. The molecule has 0 heterocycles. The first kappa shape index (κ1) is 15.8. The lowest BCUT2D eigenvalue weighted by molar-refractivity contribution is 0.116. The van der Waals surface area contributed by atoms with E-state index in [4.69, 9.17) is 10.5 Å². The molecule has 0 aliphatic rings. The first-order chi connectivity index (χ1) is 7.35. The van der Waals surface area contributed by atoms with Gasteiger partial charge in [-0.3, -0.25) is 0 Å². The quantitative estimate of drug-likeness (QED) is 0.651. The molecule has 2 atom stereocenters. The highest BCUT2D eigenvalue weighted by atomic mass is 32.2. The van der Waals surface area contributed by atoms with Crippen LogP contribution in [-0.4, -0.2) is 39.5 Å². The topological polar surface area (TPSA) is 81.4 Å². The summed E-state index contributed by atoms with van der Waals surface area (Å²) in [4.78, 5) is 0. The molecule has 0 bridgehead atoms. The van der Waals surface area contributed by atoms with Crippen molar-refractivity contribution in [1.29, 1.82) is 0 Å². The average Bonchev–Trinajstić information content (AvgIpc) is 2.22. The van der Waals surface area contributed by atoms with E-state index >= 15 is 0 Å². The van der Waals surface area contributed by atoms with Gasteiger partial charge in [-0.15, -0.1) is 0 Å². The highest BCUT2D eigenvalue weighted by molar-refractivity contribution is 7.90. The third-order valence-corrected chi connectivity index (χ3v) is 4.37. The summed E-state index contributed by atoms with van der Waals surface area (Å²) in [5, 5.41) is -0.574. The van der Waals surface area contributed by atoms with Gasteiger partial charge in [-0.25, -0.2) is 13.1 Å². The maximum atomic E-state index is 11.8. The Morgan fingerprint density at radius 1 is 1.31 bits per heavy atom. The Labute approximate surface area is 98.8 Å². The predicted octanol–water partition coefficient (Wildman–Crippen LogP) is 0.314. The minimum atomic E-state index is -3.34. The molecule has 16 heavy (non-hydrogen) atoms. The molecule has 98 valence electrons. The van der Waals surface area contributed by atoms with E-state index in [-0.39, 0.29) is 18.5 Å². The molecule has 0 aliphatic carbocycles. The van der Waals surface area contributed by atoms with Gasteiger partial charge < -0.3 is 10.5 Å². The van der Waals surface area contributed by atoms with Crippen LogP contribution in [0.25, 0.3) is 0 Å². The van der Waals surface area contributed by atoms with Crippen molar-refractivity contribution in [1.82, 2.24) is 4.72 Å². The van der Waals surface area contributed by atoms with Crippen molar-refractivity contribution in [2.24, 2.45) is 11.7 Å². The van der Waals surface area contributed by atoms with Gasteiger partial charge in [0.05, 0.1) is 11.9 Å². The standard InChI is InChI=1S/C10H24N2O3S/c1-5-15-7-10(8(2)3)12-16(13,14)9(4)6-11/h8-10,12H,5-7,11H2,1-4H3. The Hall–Kier alpha value is -0.170. The zero-order valence-corrected chi connectivity index (χ0v) is 11.4. The summed E-state index contributed by atoms with van der Waals surface area (Å²) in [6, 6.07) is -0.195. The van der Waals surface area contributed by atoms with Crippen LogP contribution in [0, 0.1) is 5.92 Å². The van der Waals surface area contributed by atoms with Crippen LogP contribution in [0.2, 0.25) is 0 Å². The fourth-order valence-electron chi connectivity index (χ4n) is 1.06. The SMILES string of the molecule is CCOCC(NS(=O)(=O)C(C)CN)C(C)C. The van der Waals surface area contributed by atoms with Gasteiger partial charge in [-0.1, -0.05) is 13.8 Å². The van der Waals surface area contributed by atoms with E-state index in [1.165, 1.54) is 0 Å². The molecule has 0 radical (unpaired) electrons. The van der Waals surface area contributed by atoms with E-state index in [1.807, 2.05) is 20.8 Å². The third-order valence-electron chi connectivity index (χ3n) is 2.48. The first-order valence-electron chi connectivity index (χ1n) is 5.64. The molecular weight excluding hydrogens is 228 g/mol. The zero-order valence-electron chi connectivity index (χ0n) is 10.6. The molecule has 5 nitrogen and oxygen atoms in total. The van der Waals surface area contributed by atoms with E-state index < -0.39 is 15.3 Å². The van der Waals surface area contributed by atoms with Gasteiger partial charge >= 0.3 is 0 Å². The van der Waals surface area contributed by atoms with Crippen LogP contribution in [0.3, 0.4) is 0 Å². The highest BCUT2D eigenvalue weighted by Crippen LogP contribution is 2.06. The number of rotatable bonds is 8. The van der Waals surface area contributed by atoms with Crippen LogP contribution in [0.4, 0.5) is 0 Å². The lowest BCUT2D eigenvalue weighted by atomic mass is 10.1. The summed E-state index contributed by atoms with van der Waals surface area (Å²) in [6.45, 7) is 8.49. The zero-order chi connectivity index (χ0) is 12.8. The van der Waals surface area contributed by atoms with Crippen molar-refractivity contribution in [2.75, 3.05) is 19.8 Å². The summed E-state index contributed by atoms with van der Waals surface area (Å²) in [5.74, 6) is 0.186. The van der Waals surface area contributed by atoms with E-state index in [0.717, 1.165) is 0 Å². The Balaban J connectivity index is 4.50. The molecule has 0 aromatic heterocycles. The number of sulfonamides is 1. The second-order valence-corrected chi connectivity index (χ2v) is 6.35. The third kappa shape index (κ3) is 5.25. The summed E-state index contributed by atoms with van der Waals surface area (Å²) in [5.41, 5.74) is 5.36. The smallest absolute Gasteiger partial charge is 0.215 e. The fourth-order valence-corrected chi connectivity index (χ4v) is 2.31. The Kier molecular flexibility index (Phi) is 7.14. The maximum Gasteiger partial charge on any atom is 0.215 e. The molecule has 0 saturated carbocycles. The molecule has 3 N–H and O–H groups in total. The Morgan fingerprint density at radius 3 is 2.25 bits per heavy atom. The first-order valence-corrected chi connectivity index (χ1v) is 7.18. The van der Waals surface area contributed by atoms with Crippen LogP contribution in [0.1, 0.15) is 27.7 Å². The minimum Gasteiger partial charge on any atom is -0.380 e. The van der Waals surface area contributed by atoms with Gasteiger partial charge in [0.25, 0.3) is 0 Å². The van der Waals surface area contributed by atoms with Gasteiger partial charge in [0.1, 0.15) is 0 Å². The summed E-state index contributed by atoms with van der Waals surface area (Å²) >= 11 is 0. The Morgan fingerprint density at radius 2 is 1.88 bits per heavy atom. The largest absolute Gasteiger partial charge is 0.380 e. The molecule has 6 heteroatoms. The molecule has 0 aromatic carbocycles. The lowest BCUT2D eigenvalue weighted by Crippen LogP contribution is -2.46. The minimum absolute atomic E-state index is 0.120. The van der Waals surface area contributed by atoms with Crippen molar-refractivity contribution in [3.8, 4) is 0 Å². The molecule has 0 rings (SSSR count). The molecule has 0 aliphatic heterocycles. The molecule has 0 fully saturated rings. The number of hydrogen-bond acceptors (Lipinski definition) is 4. The summed E-state index contributed by atoms with van der Waals surface area (Å²) in [6.07, 6.45) is 0. The normalized spacial score (nSPS) is 16.4. The second kappa shape index (κ2) is 7.21. The van der Waals surface area contributed by atoms with Crippen molar-refractivity contribution in [3.05, 3.63) is 0 Å². The monoisotopic (exact) mass is 252 g/mol. The van der Waals surface area contributed by atoms with E-state index in [9.17, 15) is 8.42 Å². The summed E-state index contributed by atoms with van der Waals surface area (Å²) in [7, 11) is -3.34.